The number of ether oxygens (including phenoxy) is 2. The van der Waals surface area contributed by atoms with Crippen molar-refractivity contribution in [2.24, 2.45) is 0 Å². The Bertz CT molecular complexity index is 1130. The summed E-state index contributed by atoms with van der Waals surface area (Å²) in [6, 6.07) is 12.8. The number of nitrogens with zero attached hydrogens (tertiary/aromatic N) is 2. The number of hydrogen-bond donors (Lipinski definition) is 0. The fourth-order valence-corrected chi connectivity index (χ4v) is 4.68. The van der Waals surface area contributed by atoms with Crippen molar-refractivity contribution in [1.82, 2.24) is 4.98 Å². The van der Waals surface area contributed by atoms with Crippen molar-refractivity contribution in [3.05, 3.63) is 59.9 Å². The van der Waals surface area contributed by atoms with Gasteiger partial charge in [-0.15, -0.1) is 0 Å². The van der Waals surface area contributed by atoms with E-state index in [0.29, 0.717) is 5.75 Å². The second-order valence-electron chi connectivity index (χ2n) is 7.47. The van der Waals surface area contributed by atoms with Gasteiger partial charge in [-0.25, -0.2) is 0 Å². The Labute approximate surface area is 176 Å². The molecule has 0 N–H and O–H groups in total. The minimum atomic E-state index is 0.716. The molecule has 0 amide bonds. The smallest absolute Gasteiger partial charge is 0.161 e. The Morgan fingerprint density at radius 2 is 1.52 bits per heavy atom. The molecule has 3 heterocycles. The lowest BCUT2D eigenvalue weighted by molar-refractivity contribution is 0.355. The van der Waals surface area contributed by atoms with Crippen LogP contribution in [0.25, 0.3) is 22.3 Å². The molecule has 0 saturated heterocycles. The van der Waals surface area contributed by atoms with E-state index in [-0.39, 0.29) is 0 Å². The average Bonchev–Trinajstić information content (AvgIpc) is 3.21. The lowest BCUT2D eigenvalue weighted by Gasteiger charge is -2.28. The average molecular weight is 403 g/mol. The number of aryl methyl sites for hydroxylation is 1. The summed E-state index contributed by atoms with van der Waals surface area (Å²) in [5, 5.41) is 0. The summed E-state index contributed by atoms with van der Waals surface area (Å²) in [5.41, 5.74) is 8.62. The molecule has 146 valence electrons. The summed E-state index contributed by atoms with van der Waals surface area (Å²) in [6.07, 6.45) is 6.88. The number of benzene rings is 2. The third-order valence-corrected chi connectivity index (χ3v) is 6.26. The van der Waals surface area contributed by atoms with E-state index in [1.165, 1.54) is 22.4 Å². The lowest BCUT2D eigenvalue weighted by Crippen LogP contribution is -2.31. The third-order valence-electron chi connectivity index (χ3n) is 5.84. The molecule has 0 bridgehead atoms. The van der Waals surface area contributed by atoms with Gasteiger partial charge in [0.25, 0.3) is 0 Å². The SMILES string of the molecule is COc1ccc(-c2cncc(-c3cc4c5c(c3)CCN5C(=S)CC4)c2)cc1OC. The van der Waals surface area contributed by atoms with E-state index in [9.17, 15) is 0 Å². The number of hydrogen-bond acceptors (Lipinski definition) is 4. The molecule has 0 aliphatic carbocycles. The standard InChI is InChI=1S/C24H22N2O2S/c1-27-21-5-3-15(12-22(21)28-2)19-11-20(14-25-13-19)18-9-16-4-6-23(29)26-8-7-17(10-18)24(16)26/h3,5,9-14H,4,6-8H2,1-2H3. The molecule has 0 atom stereocenters. The molecule has 2 aliphatic heterocycles. The lowest BCUT2D eigenvalue weighted by atomic mass is 9.93. The minimum absolute atomic E-state index is 0.716. The first-order valence-electron chi connectivity index (χ1n) is 9.82. The summed E-state index contributed by atoms with van der Waals surface area (Å²) >= 11 is 5.57. The fraction of sp³-hybridized carbons (Fsp3) is 0.250. The largest absolute Gasteiger partial charge is 0.493 e. The van der Waals surface area contributed by atoms with Crippen molar-refractivity contribution >= 4 is 22.9 Å². The molecule has 0 spiro atoms. The summed E-state index contributed by atoms with van der Waals surface area (Å²) < 4.78 is 10.8. The van der Waals surface area contributed by atoms with Crippen LogP contribution >= 0.6 is 12.2 Å². The number of pyridine rings is 1. The van der Waals surface area contributed by atoms with Gasteiger partial charge in [0.1, 0.15) is 0 Å². The quantitative estimate of drug-likeness (QED) is 0.569. The Hall–Kier alpha value is -2.92. The van der Waals surface area contributed by atoms with E-state index >= 15 is 0 Å². The van der Waals surface area contributed by atoms with Gasteiger partial charge >= 0.3 is 0 Å². The van der Waals surface area contributed by atoms with E-state index in [1.807, 2.05) is 30.6 Å². The van der Waals surface area contributed by atoms with Gasteiger partial charge in [-0.2, -0.15) is 0 Å². The first-order valence-corrected chi connectivity index (χ1v) is 10.2. The van der Waals surface area contributed by atoms with Gasteiger partial charge < -0.3 is 14.4 Å². The first kappa shape index (κ1) is 18.1. The highest BCUT2D eigenvalue weighted by molar-refractivity contribution is 7.80. The zero-order valence-electron chi connectivity index (χ0n) is 16.6. The summed E-state index contributed by atoms with van der Waals surface area (Å²) in [6.45, 7) is 1.01. The van der Waals surface area contributed by atoms with Crippen molar-refractivity contribution in [3.63, 3.8) is 0 Å². The Morgan fingerprint density at radius 1 is 0.793 bits per heavy atom. The van der Waals surface area contributed by atoms with Gasteiger partial charge in [0.2, 0.25) is 0 Å². The zero-order chi connectivity index (χ0) is 20.0. The van der Waals surface area contributed by atoms with Crippen LogP contribution in [0.3, 0.4) is 0 Å². The number of aromatic nitrogens is 1. The number of methoxy groups -OCH3 is 2. The van der Waals surface area contributed by atoms with Crippen LogP contribution in [-0.2, 0) is 12.8 Å². The van der Waals surface area contributed by atoms with Crippen molar-refractivity contribution in [3.8, 4) is 33.8 Å². The molecular formula is C24H22N2O2S. The summed E-state index contributed by atoms with van der Waals surface area (Å²) in [7, 11) is 3.30. The highest BCUT2D eigenvalue weighted by Crippen LogP contribution is 2.40. The fourth-order valence-electron chi connectivity index (χ4n) is 4.40. The molecule has 1 aromatic heterocycles. The number of rotatable bonds is 4. The van der Waals surface area contributed by atoms with Crippen LogP contribution in [0.1, 0.15) is 17.5 Å². The highest BCUT2D eigenvalue weighted by atomic mass is 32.1. The molecule has 0 saturated carbocycles. The Kier molecular flexibility index (Phi) is 4.47. The van der Waals surface area contributed by atoms with E-state index in [0.717, 1.165) is 53.2 Å². The predicted molar refractivity (Wildman–Crippen MR) is 120 cm³/mol. The monoisotopic (exact) mass is 402 g/mol. The van der Waals surface area contributed by atoms with Gasteiger partial charge in [-0.1, -0.05) is 18.3 Å². The van der Waals surface area contributed by atoms with Gasteiger partial charge in [0.15, 0.2) is 11.5 Å². The normalized spacial score (nSPS) is 14.7. The van der Waals surface area contributed by atoms with Gasteiger partial charge in [-0.05, 0) is 65.4 Å². The van der Waals surface area contributed by atoms with E-state index in [4.69, 9.17) is 21.7 Å². The maximum atomic E-state index is 5.57. The zero-order valence-corrected chi connectivity index (χ0v) is 17.4. The van der Waals surface area contributed by atoms with E-state index < -0.39 is 0 Å². The molecule has 0 unspecified atom stereocenters. The van der Waals surface area contributed by atoms with E-state index in [1.54, 1.807) is 14.2 Å². The summed E-state index contributed by atoms with van der Waals surface area (Å²) in [4.78, 5) is 7.93. The van der Waals surface area contributed by atoms with Gasteiger partial charge in [0, 0.05) is 42.2 Å². The Morgan fingerprint density at radius 3 is 2.28 bits per heavy atom. The van der Waals surface area contributed by atoms with Gasteiger partial charge in [0.05, 0.1) is 19.2 Å². The molecular weight excluding hydrogens is 380 g/mol. The molecule has 0 fully saturated rings. The van der Waals surface area contributed by atoms with Crippen molar-refractivity contribution in [2.75, 3.05) is 25.7 Å². The van der Waals surface area contributed by atoms with Crippen LogP contribution in [0.4, 0.5) is 5.69 Å². The number of anilines is 1. The second kappa shape index (κ2) is 7.16. The van der Waals surface area contributed by atoms with Crippen LogP contribution in [0.5, 0.6) is 11.5 Å². The van der Waals surface area contributed by atoms with E-state index in [2.05, 4.69) is 28.1 Å². The molecule has 2 aliphatic rings. The van der Waals surface area contributed by atoms with Crippen LogP contribution in [0, 0.1) is 0 Å². The molecule has 5 rings (SSSR count). The third kappa shape index (κ3) is 3.06. The van der Waals surface area contributed by atoms with Crippen molar-refractivity contribution in [1.29, 1.82) is 0 Å². The summed E-state index contributed by atoms with van der Waals surface area (Å²) in [5.74, 6) is 1.44. The Balaban J connectivity index is 1.56. The van der Waals surface area contributed by atoms with Crippen LogP contribution in [-0.4, -0.2) is 30.7 Å². The molecule has 3 aromatic rings. The highest BCUT2D eigenvalue weighted by Gasteiger charge is 2.29. The second-order valence-corrected chi connectivity index (χ2v) is 7.94. The topological polar surface area (TPSA) is 34.6 Å². The van der Waals surface area contributed by atoms with Crippen molar-refractivity contribution < 1.29 is 9.47 Å². The maximum Gasteiger partial charge on any atom is 0.161 e. The molecule has 29 heavy (non-hydrogen) atoms. The first-order chi connectivity index (χ1) is 14.2. The van der Waals surface area contributed by atoms with Crippen LogP contribution in [0.15, 0.2) is 48.8 Å². The number of thiocarbonyl (C=S) groups is 1. The maximum absolute atomic E-state index is 5.57. The minimum Gasteiger partial charge on any atom is -0.493 e. The predicted octanol–water partition coefficient (Wildman–Crippen LogP) is 5.07. The van der Waals surface area contributed by atoms with Gasteiger partial charge in [-0.3, -0.25) is 4.98 Å². The van der Waals surface area contributed by atoms with Crippen LogP contribution in [0.2, 0.25) is 0 Å². The van der Waals surface area contributed by atoms with Crippen LogP contribution < -0.4 is 14.4 Å². The molecule has 2 aromatic carbocycles. The molecule has 0 radical (unpaired) electrons. The van der Waals surface area contributed by atoms with Crippen molar-refractivity contribution in [2.45, 2.75) is 19.3 Å². The molecule has 4 nitrogen and oxygen atoms in total. The molecule has 5 heteroatoms.